The van der Waals surface area contributed by atoms with Gasteiger partial charge in [-0.3, -0.25) is 13.8 Å². The Balaban J connectivity index is 1.79. The summed E-state index contributed by atoms with van der Waals surface area (Å²) in [7, 11) is -3.58. The number of hydrogen-bond donors (Lipinski definition) is 2. The predicted octanol–water partition coefficient (Wildman–Crippen LogP) is 3.96. The SMILES string of the molecule is COc1ccc(NS(=O)(=O)c2ccc(NC(=O)[C@H](C)N(c3ccc(OC)c(Cl)c3)S(C)(=O)=O)cc2)c(OC)c1. The lowest BCUT2D eigenvalue weighted by Gasteiger charge is -2.28. The van der Waals surface area contributed by atoms with Crippen molar-refractivity contribution in [1.29, 1.82) is 0 Å². The van der Waals surface area contributed by atoms with Gasteiger partial charge in [0.1, 0.15) is 23.3 Å². The van der Waals surface area contributed by atoms with E-state index in [9.17, 15) is 21.6 Å². The molecule has 1 amide bonds. The molecule has 0 saturated heterocycles. The summed E-state index contributed by atoms with van der Waals surface area (Å²) < 4.78 is 69.8. The van der Waals surface area contributed by atoms with Crippen molar-refractivity contribution in [2.75, 3.05) is 41.9 Å². The first kappa shape index (κ1) is 29.9. The van der Waals surface area contributed by atoms with Crippen molar-refractivity contribution in [3.05, 3.63) is 65.7 Å². The molecule has 0 aromatic heterocycles. The summed E-state index contributed by atoms with van der Waals surface area (Å²) in [5.41, 5.74) is 0.644. The molecule has 11 nitrogen and oxygen atoms in total. The molecule has 0 unspecified atom stereocenters. The van der Waals surface area contributed by atoms with E-state index in [2.05, 4.69) is 10.0 Å². The minimum Gasteiger partial charge on any atom is -0.497 e. The van der Waals surface area contributed by atoms with Crippen LogP contribution in [0.1, 0.15) is 6.92 Å². The Morgan fingerprint density at radius 2 is 1.51 bits per heavy atom. The zero-order chi connectivity index (χ0) is 29.0. The summed E-state index contributed by atoms with van der Waals surface area (Å²) in [6, 6.07) is 13.2. The zero-order valence-electron chi connectivity index (χ0n) is 21.8. The third kappa shape index (κ3) is 7.05. The molecule has 39 heavy (non-hydrogen) atoms. The van der Waals surface area contributed by atoms with Gasteiger partial charge in [0.05, 0.1) is 48.9 Å². The summed E-state index contributed by atoms with van der Waals surface area (Å²) in [5, 5.41) is 2.78. The minimum atomic E-state index is -4.00. The van der Waals surface area contributed by atoms with E-state index in [0.717, 1.165) is 10.6 Å². The third-order valence-corrected chi connectivity index (χ3v) is 8.48. The first-order chi connectivity index (χ1) is 18.3. The Morgan fingerprint density at radius 1 is 0.872 bits per heavy atom. The van der Waals surface area contributed by atoms with Gasteiger partial charge in [-0.1, -0.05) is 11.6 Å². The van der Waals surface area contributed by atoms with Gasteiger partial charge in [0.2, 0.25) is 15.9 Å². The van der Waals surface area contributed by atoms with Crippen molar-refractivity contribution < 1.29 is 35.8 Å². The molecular formula is C25H28ClN3O8S2. The molecule has 0 bridgehead atoms. The van der Waals surface area contributed by atoms with Crippen LogP contribution in [0.15, 0.2) is 65.6 Å². The number of rotatable bonds is 11. The Labute approximate surface area is 232 Å². The molecule has 0 aliphatic heterocycles. The molecule has 3 aromatic carbocycles. The van der Waals surface area contributed by atoms with Crippen molar-refractivity contribution in [1.82, 2.24) is 0 Å². The van der Waals surface area contributed by atoms with Crippen LogP contribution in [0, 0.1) is 0 Å². The van der Waals surface area contributed by atoms with E-state index >= 15 is 0 Å². The third-order valence-electron chi connectivity index (χ3n) is 5.56. The zero-order valence-corrected chi connectivity index (χ0v) is 24.1. The predicted molar refractivity (Wildman–Crippen MR) is 150 cm³/mol. The largest absolute Gasteiger partial charge is 0.497 e. The van der Waals surface area contributed by atoms with Crippen molar-refractivity contribution >= 4 is 54.6 Å². The molecule has 3 rings (SSSR count). The summed E-state index contributed by atoms with van der Waals surface area (Å²) in [4.78, 5) is 12.9. The van der Waals surface area contributed by atoms with Crippen molar-refractivity contribution in [2.45, 2.75) is 17.9 Å². The fourth-order valence-corrected chi connectivity index (χ4v) is 6.14. The number of amides is 1. The van der Waals surface area contributed by atoms with Gasteiger partial charge < -0.3 is 19.5 Å². The quantitative estimate of drug-likeness (QED) is 0.338. The van der Waals surface area contributed by atoms with E-state index in [1.165, 1.54) is 82.9 Å². The highest BCUT2D eigenvalue weighted by molar-refractivity contribution is 7.92. The number of nitrogens with one attached hydrogen (secondary N) is 2. The highest BCUT2D eigenvalue weighted by Gasteiger charge is 2.30. The summed E-state index contributed by atoms with van der Waals surface area (Å²) in [5.74, 6) is 0.461. The van der Waals surface area contributed by atoms with E-state index < -0.39 is 32.0 Å². The molecule has 0 heterocycles. The van der Waals surface area contributed by atoms with Gasteiger partial charge >= 0.3 is 0 Å². The van der Waals surface area contributed by atoms with Crippen molar-refractivity contribution in [3.63, 3.8) is 0 Å². The number of carbonyl (C=O) groups is 1. The van der Waals surface area contributed by atoms with E-state index in [-0.39, 0.29) is 32.7 Å². The highest BCUT2D eigenvalue weighted by atomic mass is 35.5. The van der Waals surface area contributed by atoms with E-state index in [1.807, 2.05) is 0 Å². The molecule has 14 heteroatoms. The topological polar surface area (TPSA) is 140 Å². The Bertz CT molecular complexity index is 1560. The Hall–Kier alpha value is -3.68. The first-order valence-electron chi connectivity index (χ1n) is 11.3. The molecule has 2 N–H and O–H groups in total. The standard InChI is InChI=1S/C25H28ClN3O8S2/c1-16(29(38(5,31)32)18-8-13-23(36-3)21(26)14-18)25(30)27-17-6-10-20(11-7-17)39(33,34)28-22-12-9-19(35-2)15-24(22)37-4/h6-16,28H,1-5H3,(H,27,30)/t16-/m0/s1. The van der Waals surface area contributed by atoms with Crippen LogP contribution in [-0.4, -0.2) is 56.4 Å². The molecule has 0 aliphatic rings. The van der Waals surface area contributed by atoms with Crippen LogP contribution in [0.5, 0.6) is 17.2 Å². The summed E-state index contributed by atoms with van der Waals surface area (Å²) in [6.07, 6.45) is 0.972. The maximum atomic E-state index is 13.0. The van der Waals surface area contributed by atoms with Crippen molar-refractivity contribution in [3.8, 4) is 17.2 Å². The van der Waals surface area contributed by atoms with Crippen LogP contribution in [0.2, 0.25) is 5.02 Å². The first-order valence-corrected chi connectivity index (χ1v) is 15.0. The number of methoxy groups -OCH3 is 3. The minimum absolute atomic E-state index is 0.0722. The second-order valence-electron chi connectivity index (χ2n) is 8.24. The van der Waals surface area contributed by atoms with Crippen LogP contribution >= 0.6 is 11.6 Å². The molecule has 0 radical (unpaired) electrons. The second-order valence-corrected chi connectivity index (χ2v) is 12.2. The number of halogens is 1. The number of ether oxygens (including phenoxy) is 3. The summed E-state index contributed by atoms with van der Waals surface area (Å²) in [6.45, 7) is 1.42. The monoisotopic (exact) mass is 597 g/mol. The van der Waals surface area contributed by atoms with Crippen LogP contribution in [0.3, 0.4) is 0 Å². The van der Waals surface area contributed by atoms with Crippen LogP contribution < -0.4 is 28.6 Å². The van der Waals surface area contributed by atoms with Gasteiger partial charge in [-0.2, -0.15) is 0 Å². The van der Waals surface area contributed by atoms with Crippen LogP contribution in [0.25, 0.3) is 0 Å². The average Bonchev–Trinajstić information content (AvgIpc) is 2.88. The number of carbonyl (C=O) groups excluding carboxylic acids is 1. The summed E-state index contributed by atoms with van der Waals surface area (Å²) >= 11 is 6.16. The van der Waals surface area contributed by atoms with Gasteiger partial charge in [-0.15, -0.1) is 0 Å². The average molecular weight is 598 g/mol. The van der Waals surface area contributed by atoms with Crippen molar-refractivity contribution in [2.24, 2.45) is 0 Å². The van der Waals surface area contributed by atoms with Gasteiger partial charge in [-0.25, -0.2) is 16.8 Å². The fourth-order valence-electron chi connectivity index (χ4n) is 3.65. The molecule has 1 atom stereocenters. The van der Waals surface area contributed by atoms with E-state index in [1.54, 1.807) is 6.07 Å². The highest BCUT2D eigenvalue weighted by Crippen LogP contribution is 2.32. The molecule has 3 aromatic rings. The maximum absolute atomic E-state index is 13.0. The molecule has 0 saturated carbocycles. The molecular weight excluding hydrogens is 570 g/mol. The number of hydrogen-bond acceptors (Lipinski definition) is 8. The van der Waals surface area contributed by atoms with E-state index in [0.29, 0.717) is 11.5 Å². The number of sulfonamides is 2. The van der Waals surface area contributed by atoms with Gasteiger partial charge in [-0.05, 0) is 61.5 Å². The second kappa shape index (κ2) is 12.0. The smallest absolute Gasteiger partial charge is 0.262 e. The van der Waals surface area contributed by atoms with E-state index in [4.69, 9.17) is 25.8 Å². The lowest BCUT2D eigenvalue weighted by molar-refractivity contribution is -0.116. The fraction of sp³-hybridized carbons (Fsp3) is 0.240. The lowest BCUT2D eigenvalue weighted by atomic mass is 10.2. The normalized spacial score (nSPS) is 12.3. The Morgan fingerprint density at radius 3 is 2.05 bits per heavy atom. The number of nitrogens with zero attached hydrogens (tertiary/aromatic N) is 1. The Kier molecular flexibility index (Phi) is 9.20. The van der Waals surface area contributed by atoms with Crippen LogP contribution in [-0.2, 0) is 24.8 Å². The van der Waals surface area contributed by atoms with Crippen LogP contribution in [0.4, 0.5) is 17.1 Å². The molecule has 0 spiro atoms. The maximum Gasteiger partial charge on any atom is 0.262 e. The van der Waals surface area contributed by atoms with Gasteiger partial charge in [0, 0.05) is 11.8 Å². The number of anilines is 3. The van der Waals surface area contributed by atoms with Gasteiger partial charge in [0.15, 0.2) is 0 Å². The van der Waals surface area contributed by atoms with Gasteiger partial charge in [0.25, 0.3) is 10.0 Å². The molecule has 210 valence electrons. The lowest BCUT2D eigenvalue weighted by Crippen LogP contribution is -2.45. The molecule has 0 fully saturated rings. The number of benzene rings is 3. The molecule has 0 aliphatic carbocycles.